The molecule has 2 N–H and O–H groups in total. The standard InChI is InChI=1S/C18H23BrN2O2/c19-15-6-4-14(5-7-15)18(9-1-2-10-18)12-21-17(23)13-3-8-16(22)20-11-13/h4-7,13H,1-3,8-12H2,(H,20,22)(H,21,23). The monoisotopic (exact) mass is 378 g/mol. The smallest absolute Gasteiger partial charge is 0.224 e. The summed E-state index contributed by atoms with van der Waals surface area (Å²) in [4.78, 5) is 23.6. The van der Waals surface area contributed by atoms with E-state index in [2.05, 4.69) is 50.8 Å². The number of carbonyl (C=O) groups excluding carboxylic acids is 2. The summed E-state index contributed by atoms with van der Waals surface area (Å²) in [6.07, 6.45) is 5.78. The van der Waals surface area contributed by atoms with Crippen LogP contribution in [0, 0.1) is 5.92 Å². The molecule has 124 valence electrons. The highest BCUT2D eigenvalue weighted by Gasteiger charge is 2.36. The van der Waals surface area contributed by atoms with Crippen LogP contribution < -0.4 is 10.6 Å². The van der Waals surface area contributed by atoms with Crippen LogP contribution in [0.25, 0.3) is 0 Å². The van der Waals surface area contributed by atoms with Crippen molar-refractivity contribution in [3.05, 3.63) is 34.3 Å². The number of benzene rings is 1. The zero-order valence-electron chi connectivity index (χ0n) is 13.2. The molecule has 1 heterocycles. The van der Waals surface area contributed by atoms with E-state index in [-0.39, 0.29) is 23.1 Å². The molecule has 1 aromatic rings. The molecule has 0 spiro atoms. The Morgan fingerprint density at radius 1 is 1.26 bits per heavy atom. The third kappa shape index (κ3) is 3.77. The molecule has 0 bridgehead atoms. The highest BCUT2D eigenvalue weighted by molar-refractivity contribution is 9.10. The zero-order chi connectivity index (χ0) is 16.3. The second-order valence-electron chi connectivity index (χ2n) is 6.75. The van der Waals surface area contributed by atoms with E-state index in [9.17, 15) is 9.59 Å². The first-order valence-electron chi connectivity index (χ1n) is 8.40. The molecule has 0 aromatic heterocycles. The van der Waals surface area contributed by atoms with Gasteiger partial charge < -0.3 is 10.6 Å². The Morgan fingerprint density at radius 3 is 2.57 bits per heavy atom. The second kappa shape index (κ2) is 7.04. The fraction of sp³-hybridized carbons (Fsp3) is 0.556. The van der Waals surface area contributed by atoms with Gasteiger partial charge in [0.2, 0.25) is 11.8 Å². The first-order valence-corrected chi connectivity index (χ1v) is 9.19. The maximum atomic E-state index is 12.4. The number of rotatable bonds is 4. The van der Waals surface area contributed by atoms with Crippen molar-refractivity contribution in [2.24, 2.45) is 5.92 Å². The molecule has 0 radical (unpaired) electrons. The number of piperidine rings is 1. The fourth-order valence-electron chi connectivity index (χ4n) is 3.78. The van der Waals surface area contributed by atoms with Crippen LogP contribution in [0.5, 0.6) is 0 Å². The van der Waals surface area contributed by atoms with E-state index in [1.54, 1.807) is 0 Å². The molecule has 1 aliphatic heterocycles. The van der Waals surface area contributed by atoms with Crippen molar-refractivity contribution in [1.29, 1.82) is 0 Å². The summed E-state index contributed by atoms with van der Waals surface area (Å²) in [6, 6.07) is 8.49. The van der Waals surface area contributed by atoms with Gasteiger partial charge in [-0.25, -0.2) is 0 Å². The molecule has 2 aliphatic rings. The molecular formula is C18H23BrN2O2. The average Bonchev–Trinajstić information content (AvgIpc) is 3.04. The first kappa shape index (κ1) is 16.5. The molecule has 4 nitrogen and oxygen atoms in total. The Balaban J connectivity index is 1.65. The molecule has 1 saturated carbocycles. The lowest BCUT2D eigenvalue weighted by atomic mass is 9.78. The zero-order valence-corrected chi connectivity index (χ0v) is 14.8. The van der Waals surface area contributed by atoms with Crippen molar-refractivity contribution >= 4 is 27.7 Å². The van der Waals surface area contributed by atoms with Gasteiger partial charge in [0.25, 0.3) is 0 Å². The number of halogens is 1. The van der Waals surface area contributed by atoms with E-state index < -0.39 is 0 Å². The van der Waals surface area contributed by atoms with Crippen LogP contribution >= 0.6 is 15.9 Å². The quantitative estimate of drug-likeness (QED) is 0.845. The van der Waals surface area contributed by atoms with E-state index in [4.69, 9.17) is 0 Å². The predicted molar refractivity (Wildman–Crippen MR) is 93.0 cm³/mol. The molecule has 5 heteroatoms. The minimum atomic E-state index is -0.0870. The molecule has 1 atom stereocenters. The summed E-state index contributed by atoms with van der Waals surface area (Å²) < 4.78 is 1.08. The number of nitrogens with one attached hydrogen (secondary N) is 2. The highest BCUT2D eigenvalue weighted by atomic mass is 79.9. The molecule has 1 aliphatic carbocycles. The van der Waals surface area contributed by atoms with Gasteiger partial charge in [-0.1, -0.05) is 40.9 Å². The van der Waals surface area contributed by atoms with Crippen molar-refractivity contribution in [2.45, 2.75) is 43.9 Å². The van der Waals surface area contributed by atoms with Crippen molar-refractivity contribution in [3.8, 4) is 0 Å². The van der Waals surface area contributed by atoms with Gasteiger partial charge in [0.1, 0.15) is 0 Å². The summed E-state index contributed by atoms with van der Waals surface area (Å²) in [6.45, 7) is 1.16. The van der Waals surface area contributed by atoms with E-state index >= 15 is 0 Å². The Bertz CT molecular complexity index is 569. The molecule has 1 aromatic carbocycles. The largest absolute Gasteiger partial charge is 0.355 e. The van der Waals surface area contributed by atoms with Crippen molar-refractivity contribution in [3.63, 3.8) is 0 Å². The van der Waals surface area contributed by atoms with E-state index in [0.29, 0.717) is 25.9 Å². The second-order valence-corrected chi connectivity index (χ2v) is 7.67. The van der Waals surface area contributed by atoms with Gasteiger partial charge >= 0.3 is 0 Å². The van der Waals surface area contributed by atoms with Crippen molar-refractivity contribution in [1.82, 2.24) is 10.6 Å². The molecule has 2 fully saturated rings. The summed E-state index contributed by atoms with van der Waals surface area (Å²) in [5, 5.41) is 5.94. The van der Waals surface area contributed by atoms with Crippen LogP contribution in [0.1, 0.15) is 44.1 Å². The number of hydrogen-bond acceptors (Lipinski definition) is 2. The normalized spacial score (nSPS) is 23.3. The minimum absolute atomic E-state index is 0.0520. The van der Waals surface area contributed by atoms with Gasteiger partial charge in [-0.05, 0) is 37.0 Å². The summed E-state index contributed by atoms with van der Waals surface area (Å²) in [7, 11) is 0. The number of hydrogen-bond donors (Lipinski definition) is 2. The summed E-state index contributed by atoms with van der Waals surface area (Å²) in [5.74, 6) is 0.0423. The van der Waals surface area contributed by atoms with Gasteiger partial charge in [0.15, 0.2) is 0 Å². The van der Waals surface area contributed by atoms with Crippen LogP contribution in [0.4, 0.5) is 0 Å². The van der Waals surface area contributed by atoms with Crippen LogP contribution in [-0.4, -0.2) is 24.9 Å². The third-order valence-corrected chi connectivity index (χ3v) is 5.78. The van der Waals surface area contributed by atoms with Crippen LogP contribution in [0.3, 0.4) is 0 Å². The van der Waals surface area contributed by atoms with Gasteiger partial charge in [0.05, 0.1) is 5.92 Å². The van der Waals surface area contributed by atoms with Crippen LogP contribution in [0.2, 0.25) is 0 Å². The highest BCUT2D eigenvalue weighted by Crippen LogP contribution is 2.41. The Labute approximate surface area is 145 Å². The SMILES string of the molecule is O=C1CCC(C(=O)NCC2(c3ccc(Br)cc3)CCCC2)CN1. The predicted octanol–water partition coefficient (Wildman–Crippen LogP) is 2.90. The molecule has 1 saturated heterocycles. The van der Waals surface area contributed by atoms with E-state index in [1.165, 1.54) is 18.4 Å². The first-order chi connectivity index (χ1) is 11.1. The maximum absolute atomic E-state index is 12.4. The van der Waals surface area contributed by atoms with Crippen molar-refractivity contribution in [2.75, 3.05) is 13.1 Å². The van der Waals surface area contributed by atoms with Crippen molar-refractivity contribution < 1.29 is 9.59 Å². The van der Waals surface area contributed by atoms with Gasteiger partial charge in [-0.15, -0.1) is 0 Å². The molecular weight excluding hydrogens is 356 g/mol. The Morgan fingerprint density at radius 2 is 1.96 bits per heavy atom. The van der Waals surface area contributed by atoms with Gasteiger partial charge in [-0.3, -0.25) is 9.59 Å². The number of amides is 2. The minimum Gasteiger partial charge on any atom is -0.355 e. The van der Waals surface area contributed by atoms with Crippen LogP contribution in [0.15, 0.2) is 28.7 Å². The Kier molecular flexibility index (Phi) is 5.05. The summed E-state index contributed by atoms with van der Waals surface area (Å²) in [5.41, 5.74) is 1.38. The van der Waals surface area contributed by atoms with E-state index in [0.717, 1.165) is 17.3 Å². The molecule has 1 unspecified atom stereocenters. The Hall–Kier alpha value is -1.36. The van der Waals surface area contributed by atoms with Crippen LogP contribution in [-0.2, 0) is 15.0 Å². The lowest BCUT2D eigenvalue weighted by Crippen LogP contribution is -2.46. The maximum Gasteiger partial charge on any atom is 0.224 e. The van der Waals surface area contributed by atoms with E-state index in [1.807, 2.05) is 0 Å². The lowest BCUT2D eigenvalue weighted by molar-refractivity contribution is -0.129. The average molecular weight is 379 g/mol. The summed E-state index contributed by atoms with van der Waals surface area (Å²) >= 11 is 3.49. The van der Waals surface area contributed by atoms with Gasteiger partial charge in [0, 0.05) is 29.4 Å². The number of carbonyl (C=O) groups is 2. The van der Waals surface area contributed by atoms with Gasteiger partial charge in [-0.2, -0.15) is 0 Å². The molecule has 3 rings (SSSR count). The third-order valence-electron chi connectivity index (χ3n) is 5.25. The molecule has 23 heavy (non-hydrogen) atoms. The topological polar surface area (TPSA) is 58.2 Å². The fourth-order valence-corrected chi connectivity index (χ4v) is 4.04. The lowest BCUT2D eigenvalue weighted by Gasteiger charge is -2.31. The molecule has 2 amide bonds.